The van der Waals surface area contributed by atoms with Crippen LogP contribution >= 0.6 is 0 Å². The summed E-state index contributed by atoms with van der Waals surface area (Å²) in [4.78, 5) is 26.6. The number of aryl methyl sites for hydroxylation is 2. The van der Waals surface area contributed by atoms with Gasteiger partial charge in [-0.2, -0.15) is 5.10 Å². The summed E-state index contributed by atoms with van der Waals surface area (Å²) in [5.41, 5.74) is 1.77. The molecule has 1 aliphatic heterocycles. The average molecular weight is 259 g/mol. The number of nitrogens with one attached hydrogen (secondary N) is 1. The van der Waals surface area contributed by atoms with Crippen molar-refractivity contribution in [3.63, 3.8) is 0 Å². The highest BCUT2D eigenvalue weighted by molar-refractivity contribution is 5.77. The summed E-state index contributed by atoms with van der Waals surface area (Å²) >= 11 is 0. The van der Waals surface area contributed by atoms with E-state index in [9.17, 15) is 9.59 Å². The van der Waals surface area contributed by atoms with Gasteiger partial charge in [0.15, 0.2) is 0 Å². The lowest BCUT2D eigenvalue weighted by Crippen LogP contribution is -2.29. The maximum Gasteiger partial charge on any atom is 0.312 e. The monoisotopic (exact) mass is 259 g/mol. The molecule has 6 heteroatoms. The maximum absolute atomic E-state index is 12.1. The van der Waals surface area contributed by atoms with Gasteiger partial charge in [0.05, 0.1) is 12.0 Å². The molecule has 0 radical (unpaired) electrons. The zero-order valence-corrected chi connectivity index (χ0v) is 10.6. The first-order chi connectivity index (χ1) is 9.06. The van der Waals surface area contributed by atoms with E-state index in [1.807, 2.05) is 6.07 Å². The minimum atomic E-state index is -0.330. The molecule has 19 heavy (non-hydrogen) atoms. The first kappa shape index (κ1) is 11.7. The number of aromatic amines is 1. The summed E-state index contributed by atoms with van der Waals surface area (Å²) in [5.74, 6) is -0.291. The van der Waals surface area contributed by atoms with E-state index in [0.717, 1.165) is 5.69 Å². The van der Waals surface area contributed by atoms with Gasteiger partial charge in [0, 0.05) is 36.6 Å². The van der Waals surface area contributed by atoms with Crippen LogP contribution in [0.2, 0.25) is 0 Å². The van der Waals surface area contributed by atoms with Gasteiger partial charge in [-0.05, 0) is 13.0 Å². The van der Waals surface area contributed by atoms with Crippen LogP contribution in [0.5, 0.6) is 5.75 Å². The number of ether oxygens (including phenoxy) is 1. The lowest BCUT2D eigenvalue weighted by molar-refractivity contribution is -0.135. The van der Waals surface area contributed by atoms with Crippen LogP contribution in [0.25, 0.3) is 0 Å². The Balaban J connectivity index is 2.23. The lowest BCUT2D eigenvalue weighted by Gasteiger charge is -2.23. The van der Waals surface area contributed by atoms with E-state index >= 15 is 0 Å². The van der Waals surface area contributed by atoms with Crippen molar-refractivity contribution in [2.75, 3.05) is 0 Å². The number of aromatic nitrogens is 3. The average Bonchev–Trinajstić information content (AvgIpc) is 2.73. The van der Waals surface area contributed by atoms with Crippen molar-refractivity contribution < 1.29 is 9.53 Å². The Hall–Kier alpha value is -2.37. The van der Waals surface area contributed by atoms with Crippen LogP contribution in [0.1, 0.15) is 29.3 Å². The summed E-state index contributed by atoms with van der Waals surface area (Å²) in [6.07, 6.45) is 1.80. The predicted octanol–water partition coefficient (Wildman–Crippen LogP) is 0.858. The number of esters is 1. The van der Waals surface area contributed by atoms with E-state index in [-0.39, 0.29) is 23.9 Å². The van der Waals surface area contributed by atoms with Gasteiger partial charge in [0.2, 0.25) is 0 Å². The van der Waals surface area contributed by atoms with Gasteiger partial charge in [0.1, 0.15) is 5.75 Å². The molecule has 0 fully saturated rings. The van der Waals surface area contributed by atoms with Crippen LogP contribution in [0.4, 0.5) is 0 Å². The fraction of sp³-hybridized carbons (Fsp3) is 0.308. The Labute approximate surface area is 109 Å². The van der Waals surface area contributed by atoms with Gasteiger partial charge in [-0.1, -0.05) is 0 Å². The minimum absolute atomic E-state index is 0.151. The van der Waals surface area contributed by atoms with E-state index in [4.69, 9.17) is 4.74 Å². The first-order valence-corrected chi connectivity index (χ1v) is 5.98. The molecule has 3 rings (SSSR count). The molecular formula is C13H13N3O3. The van der Waals surface area contributed by atoms with Gasteiger partial charge in [-0.15, -0.1) is 0 Å². The Bertz CT molecular complexity index is 714. The molecule has 0 bridgehead atoms. The molecule has 1 aliphatic rings. The van der Waals surface area contributed by atoms with Crippen molar-refractivity contribution in [1.82, 2.24) is 14.8 Å². The highest BCUT2D eigenvalue weighted by Crippen LogP contribution is 2.35. The fourth-order valence-corrected chi connectivity index (χ4v) is 2.49. The number of carbonyl (C=O) groups is 1. The normalized spacial score (nSPS) is 18.0. The second-order valence-corrected chi connectivity index (χ2v) is 4.67. The van der Waals surface area contributed by atoms with Gasteiger partial charge in [-0.25, -0.2) is 0 Å². The maximum atomic E-state index is 12.1. The number of pyridine rings is 1. The van der Waals surface area contributed by atoms with E-state index < -0.39 is 0 Å². The number of fused-ring (bicyclic) bond motifs is 1. The molecule has 0 saturated carbocycles. The second kappa shape index (κ2) is 4.08. The third kappa shape index (κ3) is 1.85. The molecule has 0 aromatic carbocycles. The molecule has 0 spiro atoms. The molecule has 6 nitrogen and oxygen atoms in total. The highest BCUT2D eigenvalue weighted by Gasteiger charge is 2.32. The molecule has 1 N–H and O–H groups in total. The molecule has 98 valence electrons. The van der Waals surface area contributed by atoms with Crippen molar-refractivity contribution in [2.24, 2.45) is 7.05 Å². The molecule has 0 amide bonds. The Kier molecular flexibility index (Phi) is 2.51. The zero-order valence-electron chi connectivity index (χ0n) is 10.6. The van der Waals surface area contributed by atoms with E-state index in [1.165, 1.54) is 0 Å². The van der Waals surface area contributed by atoms with Crippen LogP contribution in [0, 0.1) is 6.92 Å². The number of hydrogen-bond acceptors (Lipinski definition) is 4. The largest absolute Gasteiger partial charge is 0.426 e. The first-order valence-electron chi connectivity index (χ1n) is 5.98. The van der Waals surface area contributed by atoms with Crippen molar-refractivity contribution in [3.8, 4) is 5.75 Å². The third-order valence-electron chi connectivity index (χ3n) is 3.33. The summed E-state index contributed by atoms with van der Waals surface area (Å²) in [6, 6.07) is 3.49. The molecule has 0 aliphatic carbocycles. The Morgan fingerprint density at radius 3 is 2.95 bits per heavy atom. The second-order valence-electron chi connectivity index (χ2n) is 4.67. The van der Waals surface area contributed by atoms with Crippen LogP contribution in [-0.4, -0.2) is 20.7 Å². The van der Waals surface area contributed by atoms with Crippen LogP contribution in [0.3, 0.4) is 0 Å². The molecule has 2 aromatic rings. The highest BCUT2D eigenvalue weighted by atomic mass is 16.5. The smallest absolute Gasteiger partial charge is 0.312 e. The SMILES string of the molecule is Cc1cc2c(c(=O)[nH]1)[C@@H](c1ccnn1C)CC(=O)O2. The zero-order chi connectivity index (χ0) is 13.6. The molecule has 0 saturated heterocycles. The van der Waals surface area contributed by atoms with E-state index in [0.29, 0.717) is 17.0 Å². The quantitative estimate of drug-likeness (QED) is 0.770. The van der Waals surface area contributed by atoms with Crippen LogP contribution in [-0.2, 0) is 11.8 Å². The van der Waals surface area contributed by atoms with E-state index in [1.54, 1.807) is 30.9 Å². The van der Waals surface area contributed by atoms with Crippen molar-refractivity contribution in [2.45, 2.75) is 19.3 Å². The molecule has 0 unspecified atom stereocenters. The van der Waals surface area contributed by atoms with Gasteiger partial charge in [-0.3, -0.25) is 14.3 Å². The van der Waals surface area contributed by atoms with E-state index in [2.05, 4.69) is 10.1 Å². The molecule has 1 atom stereocenters. The summed E-state index contributed by atoms with van der Waals surface area (Å²) in [5, 5.41) is 4.09. The lowest BCUT2D eigenvalue weighted by atomic mass is 9.90. The van der Waals surface area contributed by atoms with Crippen LogP contribution in [0.15, 0.2) is 23.1 Å². The molecule has 3 heterocycles. The minimum Gasteiger partial charge on any atom is -0.426 e. The number of hydrogen-bond donors (Lipinski definition) is 1. The molecule has 2 aromatic heterocycles. The fourth-order valence-electron chi connectivity index (χ4n) is 2.49. The van der Waals surface area contributed by atoms with Crippen molar-refractivity contribution in [1.29, 1.82) is 0 Å². The van der Waals surface area contributed by atoms with Crippen LogP contribution < -0.4 is 10.3 Å². The summed E-state index contributed by atoms with van der Waals surface area (Å²) in [6.45, 7) is 1.75. The standard InChI is InChI=1S/C13H13N3O3/c1-7-5-10-12(13(18)15-7)8(6-11(17)19-10)9-3-4-14-16(9)2/h3-5,8H,6H2,1-2H3,(H,15,18)/t8-/m1/s1. The number of nitrogens with zero attached hydrogens (tertiary/aromatic N) is 2. The number of rotatable bonds is 1. The Morgan fingerprint density at radius 2 is 2.26 bits per heavy atom. The summed E-state index contributed by atoms with van der Waals surface area (Å²) < 4.78 is 6.85. The van der Waals surface area contributed by atoms with Gasteiger partial charge < -0.3 is 9.72 Å². The molecular weight excluding hydrogens is 246 g/mol. The van der Waals surface area contributed by atoms with Gasteiger partial charge in [0.25, 0.3) is 5.56 Å². The van der Waals surface area contributed by atoms with Crippen molar-refractivity contribution in [3.05, 3.63) is 45.6 Å². The topological polar surface area (TPSA) is 77.0 Å². The van der Waals surface area contributed by atoms with Gasteiger partial charge >= 0.3 is 5.97 Å². The van der Waals surface area contributed by atoms with Crippen molar-refractivity contribution >= 4 is 5.97 Å². The number of H-pyrrole nitrogens is 1. The Morgan fingerprint density at radius 1 is 1.47 bits per heavy atom. The predicted molar refractivity (Wildman–Crippen MR) is 67.1 cm³/mol. The third-order valence-corrected chi connectivity index (χ3v) is 3.33. The number of carbonyl (C=O) groups excluding carboxylic acids is 1. The summed E-state index contributed by atoms with van der Waals surface area (Å²) in [7, 11) is 1.79.